The average Bonchev–Trinajstić information content (AvgIpc) is 2.56. The number of fused-ring (bicyclic) bond motifs is 1. The molecule has 0 aliphatic heterocycles. The number of para-hydroxylation sites is 1. The fourth-order valence-corrected chi connectivity index (χ4v) is 1.82. The van der Waals surface area contributed by atoms with E-state index in [2.05, 4.69) is 0 Å². The maximum atomic E-state index is 10.9. The zero-order valence-electron chi connectivity index (χ0n) is 8.77. The highest BCUT2D eigenvalue weighted by Gasteiger charge is 2.15. The van der Waals surface area contributed by atoms with Crippen molar-refractivity contribution < 1.29 is 9.90 Å². The van der Waals surface area contributed by atoms with Crippen LogP contribution >= 0.6 is 0 Å². The zero-order chi connectivity index (χ0) is 11.0. The van der Waals surface area contributed by atoms with Gasteiger partial charge in [-0.2, -0.15) is 0 Å². The summed E-state index contributed by atoms with van der Waals surface area (Å²) in [6, 6.07) is 7.32. The second kappa shape index (κ2) is 3.42. The van der Waals surface area contributed by atoms with E-state index in [1.807, 2.05) is 37.4 Å². The van der Waals surface area contributed by atoms with E-state index in [9.17, 15) is 4.79 Å². The number of aromatic nitrogens is 1. The molecule has 2 rings (SSSR count). The second-order valence-electron chi connectivity index (χ2n) is 3.75. The molecule has 1 N–H and O–H groups in total. The number of nitrogens with zero attached hydrogens (tertiary/aromatic N) is 1. The largest absolute Gasteiger partial charge is 0.480 e. The Hall–Kier alpha value is -1.77. The van der Waals surface area contributed by atoms with Crippen LogP contribution in [0.2, 0.25) is 0 Å². The van der Waals surface area contributed by atoms with Crippen molar-refractivity contribution >= 4 is 16.9 Å². The van der Waals surface area contributed by atoms with Crippen molar-refractivity contribution in [2.45, 2.75) is 19.9 Å². The number of hydrogen-bond acceptors (Lipinski definition) is 1. The van der Waals surface area contributed by atoms with Gasteiger partial charge in [0, 0.05) is 17.1 Å². The molecule has 1 aromatic heterocycles. The molecule has 0 spiro atoms. The van der Waals surface area contributed by atoms with Crippen molar-refractivity contribution in [1.82, 2.24) is 4.57 Å². The van der Waals surface area contributed by atoms with Crippen molar-refractivity contribution in [3.05, 3.63) is 36.0 Å². The molecule has 0 aliphatic carbocycles. The number of aliphatic carboxylic acids is 1. The molecule has 0 unspecified atom stereocenters. The normalized spacial score (nSPS) is 12.9. The summed E-state index contributed by atoms with van der Waals surface area (Å²) in [4.78, 5) is 10.9. The standard InChI is InChI=1S/C12H13NO2/c1-8-7-13(9(2)12(14)15)11-6-4-3-5-10(8)11/h3-7,9H,1-2H3,(H,14,15)/t9-/m1/s1. The summed E-state index contributed by atoms with van der Waals surface area (Å²) in [5, 5.41) is 10.1. The Bertz CT molecular complexity index is 513. The van der Waals surface area contributed by atoms with Gasteiger partial charge in [-0.15, -0.1) is 0 Å². The number of aryl methyl sites for hydroxylation is 1. The van der Waals surface area contributed by atoms with Crippen LogP contribution in [-0.4, -0.2) is 15.6 Å². The first-order valence-corrected chi connectivity index (χ1v) is 4.90. The van der Waals surface area contributed by atoms with Gasteiger partial charge in [-0.05, 0) is 25.5 Å². The summed E-state index contributed by atoms with van der Waals surface area (Å²) in [6.07, 6.45) is 1.89. The van der Waals surface area contributed by atoms with Crippen molar-refractivity contribution in [2.24, 2.45) is 0 Å². The molecule has 2 aromatic rings. The van der Waals surface area contributed by atoms with E-state index in [1.165, 1.54) is 0 Å². The van der Waals surface area contributed by atoms with Crippen LogP contribution in [0.25, 0.3) is 10.9 Å². The minimum atomic E-state index is -0.809. The van der Waals surface area contributed by atoms with Crippen LogP contribution in [0.1, 0.15) is 18.5 Å². The number of carboxylic acid groups (broad SMARTS) is 1. The second-order valence-corrected chi connectivity index (χ2v) is 3.75. The number of rotatable bonds is 2. The summed E-state index contributed by atoms with van der Waals surface area (Å²) in [5.74, 6) is -0.809. The van der Waals surface area contributed by atoms with Crippen molar-refractivity contribution in [2.75, 3.05) is 0 Å². The quantitative estimate of drug-likeness (QED) is 0.815. The molecule has 0 saturated carbocycles. The fourth-order valence-electron chi connectivity index (χ4n) is 1.82. The first-order chi connectivity index (χ1) is 7.11. The predicted molar refractivity (Wildman–Crippen MR) is 59.0 cm³/mol. The molecule has 3 nitrogen and oxygen atoms in total. The summed E-state index contributed by atoms with van der Waals surface area (Å²) in [7, 11) is 0. The van der Waals surface area contributed by atoms with Gasteiger partial charge in [-0.3, -0.25) is 0 Å². The van der Waals surface area contributed by atoms with E-state index >= 15 is 0 Å². The molecule has 0 saturated heterocycles. The van der Waals surface area contributed by atoms with E-state index < -0.39 is 12.0 Å². The molecule has 15 heavy (non-hydrogen) atoms. The maximum absolute atomic E-state index is 10.9. The number of benzene rings is 1. The molecule has 0 radical (unpaired) electrons. The number of carboxylic acids is 1. The Morgan fingerprint density at radius 3 is 2.73 bits per heavy atom. The smallest absolute Gasteiger partial charge is 0.326 e. The predicted octanol–water partition coefficient (Wildman–Crippen LogP) is 2.60. The molecule has 1 heterocycles. The lowest BCUT2D eigenvalue weighted by Crippen LogP contribution is -2.14. The molecule has 78 valence electrons. The molecule has 0 amide bonds. The van der Waals surface area contributed by atoms with Crippen LogP contribution in [0, 0.1) is 6.92 Å². The minimum absolute atomic E-state index is 0.524. The van der Waals surface area contributed by atoms with E-state index in [-0.39, 0.29) is 0 Å². The monoisotopic (exact) mass is 203 g/mol. The third-order valence-electron chi connectivity index (χ3n) is 2.71. The molecule has 0 aliphatic rings. The van der Waals surface area contributed by atoms with E-state index in [0.29, 0.717) is 0 Å². The van der Waals surface area contributed by atoms with Crippen molar-refractivity contribution in [3.63, 3.8) is 0 Å². The van der Waals surface area contributed by atoms with Gasteiger partial charge in [0.15, 0.2) is 0 Å². The maximum Gasteiger partial charge on any atom is 0.326 e. The SMILES string of the molecule is Cc1cn([C@H](C)C(=O)O)c2ccccc12. The average molecular weight is 203 g/mol. The molecule has 3 heteroatoms. The third-order valence-corrected chi connectivity index (χ3v) is 2.71. The topological polar surface area (TPSA) is 42.2 Å². The summed E-state index contributed by atoms with van der Waals surface area (Å²) in [6.45, 7) is 3.68. The van der Waals surface area contributed by atoms with Gasteiger partial charge in [0.05, 0.1) is 0 Å². The van der Waals surface area contributed by atoms with Crippen LogP contribution < -0.4 is 0 Å². The van der Waals surface area contributed by atoms with Crippen molar-refractivity contribution in [3.8, 4) is 0 Å². The van der Waals surface area contributed by atoms with Crippen LogP contribution in [0.4, 0.5) is 0 Å². The third kappa shape index (κ3) is 1.50. The van der Waals surface area contributed by atoms with Crippen LogP contribution in [0.5, 0.6) is 0 Å². The van der Waals surface area contributed by atoms with Crippen molar-refractivity contribution in [1.29, 1.82) is 0 Å². The number of hydrogen-bond donors (Lipinski definition) is 1. The van der Waals surface area contributed by atoms with Gasteiger partial charge in [-0.1, -0.05) is 18.2 Å². The summed E-state index contributed by atoms with van der Waals surface area (Å²) < 4.78 is 1.80. The number of carbonyl (C=O) groups is 1. The van der Waals surface area contributed by atoms with Crippen LogP contribution in [0.3, 0.4) is 0 Å². The summed E-state index contributed by atoms with van der Waals surface area (Å²) >= 11 is 0. The molecular weight excluding hydrogens is 190 g/mol. The van der Waals surface area contributed by atoms with Crippen LogP contribution in [-0.2, 0) is 4.79 Å². The van der Waals surface area contributed by atoms with Gasteiger partial charge in [0.25, 0.3) is 0 Å². The zero-order valence-corrected chi connectivity index (χ0v) is 8.77. The summed E-state index contributed by atoms with van der Waals surface area (Å²) in [5.41, 5.74) is 2.09. The van der Waals surface area contributed by atoms with Gasteiger partial charge in [0.2, 0.25) is 0 Å². The lowest BCUT2D eigenvalue weighted by Gasteiger charge is -2.09. The molecule has 0 fully saturated rings. The Labute approximate surface area is 87.9 Å². The molecule has 1 aromatic carbocycles. The van der Waals surface area contributed by atoms with Gasteiger partial charge >= 0.3 is 5.97 Å². The highest BCUT2D eigenvalue weighted by molar-refractivity contribution is 5.85. The van der Waals surface area contributed by atoms with Gasteiger partial charge in [0.1, 0.15) is 6.04 Å². The lowest BCUT2D eigenvalue weighted by molar-refractivity contribution is -0.140. The molecule has 0 bridgehead atoms. The van der Waals surface area contributed by atoms with Gasteiger partial charge < -0.3 is 9.67 Å². The molecule has 1 atom stereocenters. The van der Waals surface area contributed by atoms with E-state index in [1.54, 1.807) is 11.5 Å². The fraction of sp³-hybridized carbons (Fsp3) is 0.250. The highest BCUT2D eigenvalue weighted by atomic mass is 16.4. The Balaban J connectivity index is 2.67. The van der Waals surface area contributed by atoms with Crippen LogP contribution in [0.15, 0.2) is 30.5 Å². The highest BCUT2D eigenvalue weighted by Crippen LogP contribution is 2.23. The van der Waals surface area contributed by atoms with E-state index in [4.69, 9.17) is 5.11 Å². The Morgan fingerprint density at radius 1 is 1.40 bits per heavy atom. The Kier molecular flexibility index (Phi) is 2.23. The van der Waals surface area contributed by atoms with Gasteiger partial charge in [-0.25, -0.2) is 4.79 Å². The van der Waals surface area contributed by atoms with E-state index in [0.717, 1.165) is 16.5 Å². The first kappa shape index (κ1) is 9.77. The minimum Gasteiger partial charge on any atom is -0.480 e. The lowest BCUT2D eigenvalue weighted by atomic mass is 10.2. The first-order valence-electron chi connectivity index (χ1n) is 4.90. The Morgan fingerprint density at radius 2 is 2.07 bits per heavy atom. The molecular formula is C12H13NO2.